The maximum absolute atomic E-state index is 12.9. The molecule has 1 aromatic rings. The minimum absolute atomic E-state index is 0.0964. The quantitative estimate of drug-likeness (QED) is 0.663. The zero-order valence-corrected chi connectivity index (χ0v) is 16.0. The second kappa shape index (κ2) is 6.66. The van der Waals surface area contributed by atoms with Crippen LogP contribution in [0.3, 0.4) is 0 Å². The lowest BCUT2D eigenvalue weighted by Gasteiger charge is -2.34. The van der Waals surface area contributed by atoms with Gasteiger partial charge in [0.1, 0.15) is 25.0 Å². The number of ether oxygens (including phenoxy) is 2. The molecule has 0 radical (unpaired) electrons. The van der Waals surface area contributed by atoms with Gasteiger partial charge in [-0.05, 0) is 12.1 Å². The minimum atomic E-state index is -3.60. The number of piperazine rings is 1. The summed E-state index contributed by atoms with van der Waals surface area (Å²) >= 11 is 0. The van der Waals surface area contributed by atoms with Gasteiger partial charge in [-0.25, -0.2) is 16.8 Å². The zero-order valence-electron chi connectivity index (χ0n) is 14.4. The summed E-state index contributed by atoms with van der Waals surface area (Å²) in [5.74, 6) is 1.49. The molecule has 1 atom stereocenters. The summed E-state index contributed by atoms with van der Waals surface area (Å²) in [7, 11) is -6.52. The van der Waals surface area contributed by atoms with Crippen LogP contribution >= 0.6 is 0 Å². The molecule has 0 spiro atoms. The van der Waals surface area contributed by atoms with Crippen molar-refractivity contribution in [2.75, 3.05) is 50.9 Å². The Morgan fingerprint density at radius 2 is 1.77 bits per heavy atom. The van der Waals surface area contributed by atoms with E-state index >= 15 is 0 Å². The predicted molar refractivity (Wildman–Crippen MR) is 93.9 cm³/mol. The lowest BCUT2D eigenvalue weighted by molar-refractivity contribution is -0.925. The Balaban J connectivity index is 1.45. The van der Waals surface area contributed by atoms with Gasteiger partial charge < -0.3 is 14.4 Å². The topological polar surface area (TPSA) is 94.4 Å². The second-order valence-corrected chi connectivity index (χ2v) is 11.1. The van der Waals surface area contributed by atoms with E-state index in [1.165, 1.54) is 15.3 Å². The van der Waals surface area contributed by atoms with Gasteiger partial charge in [0.25, 0.3) is 0 Å². The molecule has 0 aliphatic carbocycles. The van der Waals surface area contributed by atoms with E-state index in [0.717, 1.165) is 0 Å². The van der Waals surface area contributed by atoms with Gasteiger partial charge in [0.05, 0.1) is 36.8 Å². The van der Waals surface area contributed by atoms with Crippen LogP contribution in [-0.4, -0.2) is 78.1 Å². The lowest BCUT2D eigenvalue weighted by atomic mass is 10.2. The van der Waals surface area contributed by atoms with Crippen LogP contribution in [0.1, 0.15) is 6.42 Å². The summed E-state index contributed by atoms with van der Waals surface area (Å²) in [6, 6.07) is 4.80. The Labute approximate surface area is 153 Å². The maximum atomic E-state index is 12.9. The van der Waals surface area contributed by atoms with E-state index in [0.29, 0.717) is 57.3 Å². The molecule has 3 heterocycles. The molecular weight excluding hydrogens is 380 g/mol. The molecule has 0 saturated carbocycles. The minimum Gasteiger partial charge on any atom is -0.486 e. The number of quaternary nitrogens is 1. The monoisotopic (exact) mass is 403 g/mol. The van der Waals surface area contributed by atoms with Gasteiger partial charge in [0.15, 0.2) is 21.3 Å². The number of sulfone groups is 1. The van der Waals surface area contributed by atoms with Crippen molar-refractivity contribution >= 4 is 19.9 Å². The molecule has 3 aliphatic rings. The number of hydrogen-bond acceptors (Lipinski definition) is 6. The highest BCUT2D eigenvalue weighted by molar-refractivity contribution is 7.91. The Bertz CT molecular complexity index is 891. The number of nitrogens with zero attached hydrogens (tertiary/aromatic N) is 1. The van der Waals surface area contributed by atoms with Crippen molar-refractivity contribution < 1.29 is 31.2 Å². The first-order valence-corrected chi connectivity index (χ1v) is 12.1. The van der Waals surface area contributed by atoms with Gasteiger partial charge in [-0.2, -0.15) is 4.31 Å². The van der Waals surface area contributed by atoms with Crippen LogP contribution in [0, 0.1) is 0 Å². The molecule has 1 aromatic carbocycles. The van der Waals surface area contributed by atoms with Gasteiger partial charge >= 0.3 is 0 Å². The van der Waals surface area contributed by atoms with Gasteiger partial charge in [0, 0.05) is 12.5 Å². The maximum Gasteiger partial charge on any atom is 0.243 e. The SMILES string of the molecule is O=S1(=O)CC[C@@H]([NH+]2CCN(S(=O)(=O)c3ccc4c(c3)OCCO4)CC2)C1. The van der Waals surface area contributed by atoms with E-state index in [1.807, 2.05) is 0 Å². The molecule has 2 fully saturated rings. The van der Waals surface area contributed by atoms with Crippen LogP contribution in [0.4, 0.5) is 0 Å². The first kappa shape index (κ1) is 18.0. The molecule has 4 rings (SSSR count). The van der Waals surface area contributed by atoms with E-state index in [2.05, 4.69) is 0 Å². The smallest absolute Gasteiger partial charge is 0.243 e. The molecular formula is C16H23N2O6S2+. The van der Waals surface area contributed by atoms with Crippen molar-refractivity contribution in [2.45, 2.75) is 17.4 Å². The first-order valence-electron chi connectivity index (χ1n) is 8.80. The number of hydrogen-bond donors (Lipinski definition) is 1. The molecule has 26 heavy (non-hydrogen) atoms. The molecule has 3 aliphatic heterocycles. The molecule has 1 N–H and O–H groups in total. The van der Waals surface area contributed by atoms with Crippen molar-refractivity contribution in [3.8, 4) is 11.5 Å². The molecule has 0 bridgehead atoms. The van der Waals surface area contributed by atoms with Crippen LogP contribution in [0.2, 0.25) is 0 Å². The molecule has 0 aromatic heterocycles. The fourth-order valence-electron chi connectivity index (χ4n) is 3.87. The second-order valence-electron chi connectivity index (χ2n) is 6.97. The number of nitrogens with one attached hydrogen (secondary N) is 1. The third-order valence-corrected chi connectivity index (χ3v) is 8.99. The highest BCUT2D eigenvalue weighted by atomic mass is 32.2. The number of benzene rings is 1. The number of sulfonamides is 1. The molecule has 8 nitrogen and oxygen atoms in total. The molecule has 2 saturated heterocycles. The van der Waals surface area contributed by atoms with Crippen molar-refractivity contribution in [3.63, 3.8) is 0 Å². The summed E-state index contributed by atoms with van der Waals surface area (Å²) in [6.45, 7) is 2.91. The summed E-state index contributed by atoms with van der Waals surface area (Å²) in [6.07, 6.45) is 0.673. The standard InChI is InChI=1S/C16H22N2O6S2/c19-25(20)10-3-13(12-25)17-4-6-18(7-5-17)26(21,22)14-1-2-15-16(11-14)24-9-8-23-15/h1-2,11,13H,3-10,12H2/p+1/t13-/m1/s1. The molecule has 0 amide bonds. The Morgan fingerprint density at radius 1 is 1.08 bits per heavy atom. The van der Waals surface area contributed by atoms with E-state index in [9.17, 15) is 16.8 Å². The molecule has 0 unspecified atom stereocenters. The predicted octanol–water partition coefficient (Wildman–Crippen LogP) is -1.47. The Morgan fingerprint density at radius 3 is 2.42 bits per heavy atom. The number of fused-ring (bicyclic) bond motifs is 1. The Hall–Kier alpha value is -1.36. The molecule has 10 heteroatoms. The summed E-state index contributed by atoms with van der Waals surface area (Å²) in [5, 5.41) is 0. The average molecular weight is 404 g/mol. The van der Waals surface area contributed by atoms with Crippen molar-refractivity contribution in [1.29, 1.82) is 0 Å². The van der Waals surface area contributed by atoms with Crippen molar-refractivity contribution in [1.82, 2.24) is 4.31 Å². The van der Waals surface area contributed by atoms with E-state index in [4.69, 9.17) is 9.47 Å². The highest BCUT2D eigenvalue weighted by Gasteiger charge is 2.39. The highest BCUT2D eigenvalue weighted by Crippen LogP contribution is 2.33. The van der Waals surface area contributed by atoms with Crippen LogP contribution < -0.4 is 14.4 Å². The van der Waals surface area contributed by atoms with Crippen LogP contribution in [0.5, 0.6) is 11.5 Å². The summed E-state index contributed by atoms with van der Waals surface area (Å²) in [5.41, 5.74) is 0. The van der Waals surface area contributed by atoms with E-state index < -0.39 is 19.9 Å². The average Bonchev–Trinajstić information content (AvgIpc) is 3.01. The van der Waals surface area contributed by atoms with Gasteiger partial charge in [-0.3, -0.25) is 0 Å². The Kier molecular flexibility index (Phi) is 4.62. The normalized spacial score (nSPS) is 26.7. The summed E-state index contributed by atoms with van der Waals surface area (Å²) in [4.78, 5) is 1.40. The fraction of sp³-hybridized carbons (Fsp3) is 0.625. The van der Waals surface area contributed by atoms with Gasteiger partial charge in [0.2, 0.25) is 10.0 Å². The third kappa shape index (κ3) is 3.42. The van der Waals surface area contributed by atoms with Gasteiger partial charge in [-0.15, -0.1) is 0 Å². The van der Waals surface area contributed by atoms with Crippen molar-refractivity contribution in [3.05, 3.63) is 18.2 Å². The third-order valence-electron chi connectivity index (χ3n) is 5.33. The number of rotatable bonds is 3. The van der Waals surface area contributed by atoms with Crippen molar-refractivity contribution in [2.24, 2.45) is 0 Å². The molecule has 144 valence electrons. The van der Waals surface area contributed by atoms with Crippen LogP contribution in [0.25, 0.3) is 0 Å². The largest absolute Gasteiger partial charge is 0.486 e. The lowest BCUT2D eigenvalue weighted by Crippen LogP contribution is -3.18. The van der Waals surface area contributed by atoms with Gasteiger partial charge in [-0.1, -0.05) is 0 Å². The van der Waals surface area contributed by atoms with Crippen LogP contribution in [-0.2, 0) is 19.9 Å². The van der Waals surface area contributed by atoms with E-state index in [1.54, 1.807) is 12.1 Å². The van der Waals surface area contributed by atoms with Crippen LogP contribution in [0.15, 0.2) is 23.1 Å². The van der Waals surface area contributed by atoms with E-state index in [-0.39, 0.29) is 22.4 Å². The zero-order chi connectivity index (χ0) is 18.4. The fourth-order valence-corrected chi connectivity index (χ4v) is 7.16. The first-order chi connectivity index (χ1) is 12.4. The summed E-state index contributed by atoms with van der Waals surface area (Å²) < 4.78 is 61.6.